The maximum atomic E-state index is 12.1. The molecular formula is C17H26N4O10. The second kappa shape index (κ2) is 9.54. The second-order valence-electron chi connectivity index (χ2n) is 7.30. The van der Waals surface area contributed by atoms with E-state index in [1.165, 1.54) is 7.05 Å². The molecule has 8 N–H and O–H groups in total. The number of carbonyl (C=O) groups is 1. The summed E-state index contributed by atoms with van der Waals surface area (Å²) in [6, 6.07) is 1.03. The van der Waals surface area contributed by atoms with Gasteiger partial charge in [0.1, 0.15) is 36.6 Å². The lowest BCUT2D eigenvalue weighted by atomic mass is 10.0. The molecule has 1 aromatic heterocycles. The molecule has 31 heavy (non-hydrogen) atoms. The highest BCUT2D eigenvalue weighted by molar-refractivity contribution is 5.76. The van der Waals surface area contributed by atoms with E-state index >= 15 is 0 Å². The normalized spacial score (nSPS) is 36.5. The number of aromatic amines is 1. The fourth-order valence-electron chi connectivity index (χ4n) is 3.57. The lowest BCUT2D eigenvalue weighted by Gasteiger charge is -2.29. The maximum absolute atomic E-state index is 12.1. The number of hydrogen-bond acceptors (Lipinski definition) is 11. The van der Waals surface area contributed by atoms with Crippen LogP contribution in [-0.4, -0.2) is 98.5 Å². The second-order valence-corrected chi connectivity index (χ2v) is 7.30. The molecule has 0 aliphatic carbocycles. The molecule has 0 spiro atoms. The number of aromatic nitrogens is 2. The molecule has 2 fully saturated rings. The highest BCUT2D eigenvalue weighted by Gasteiger charge is 2.51. The summed E-state index contributed by atoms with van der Waals surface area (Å²) >= 11 is 0. The van der Waals surface area contributed by atoms with E-state index in [2.05, 4.69) is 5.32 Å². The molecule has 2 aliphatic heterocycles. The van der Waals surface area contributed by atoms with E-state index < -0.39 is 72.4 Å². The summed E-state index contributed by atoms with van der Waals surface area (Å²) in [5.74, 6) is -0.511. The number of H-pyrrole nitrogens is 1. The number of nitrogens with one attached hydrogen (secondary N) is 2. The van der Waals surface area contributed by atoms with Gasteiger partial charge in [-0.1, -0.05) is 0 Å². The van der Waals surface area contributed by atoms with Crippen LogP contribution in [0.5, 0.6) is 0 Å². The monoisotopic (exact) mass is 446 g/mol. The minimum atomic E-state index is -1.61. The van der Waals surface area contributed by atoms with E-state index in [-0.39, 0.29) is 13.0 Å². The zero-order chi connectivity index (χ0) is 22.9. The predicted molar refractivity (Wildman–Crippen MR) is 101 cm³/mol. The maximum Gasteiger partial charge on any atom is 0.330 e. The van der Waals surface area contributed by atoms with Crippen molar-refractivity contribution in [1.29, 1.82) is 0 Å². The highest BCUT2D eigenvalue weighted by atomic mass is 16.7. The third-order valence-electron chi connectivity index (χ3n) is 5.29. The molecule has 0 radical (unpaired) electrons. The van der Waals surface area contributed by atoms with Gasteiger partial charge in [-0.2, -0.15) is 0 Å². The summed E-state index contributed by atoms with van der Waals surface area (Å²) in [7, 11) is 1.37. The summed E-state index contributed by atoms with van der Waals surface area (Å²) < 4.78 is 17.5. The van der Waals surface area contributed by atoms with Gasteiger partial charge < -0.3 is 45.7 Å². The number of aliphatic hydroxyl groups is 4. The van der Waals surface area contributed by atoms with Gasteiger partial charge in [0.15, 0.2) is 12.5 Å². The standard InChI is InChI=1S/C17H26N4O10/c1-19-9(23)4-6(29-16-13(27)10(24)7(5-18)30-16)14-11(25)12(26)15(31-14)21-3-2-8(22)20-17(21)28/h2-3,6-7,10-16,24-27H,4-5,18H2,1H3,(H,19,23)(H,20,22,28)/t6-,7?,10?,11?,12?,13?,14?,15?,16?/m0/s1. The Hall–Kier alpha value is -2.17. The molecule has 1 aromatic rings. The van der Waals surface area contributed by atoms with Crippen LogP contribution >= 0.6 is 0 Å². The number of carbonyl (C=O) groups excluding carboxylic acids is 1. The average molecular weight is 446 g/mol. The van der Waals surface area contributed by atoms with Crippen LogP contribution in [0.4, 0.5) is 0 Å². The number of nitrogens with two attached hydrogens (primary N) is 1. The van der Waals surface area contributed by atoms with E-state index in [9.17, 15) is 34.8 Å². The lowest BCUT2D eigenvalue weighted by molar-refractivity contribution is -0.221. The van der Waals surface area contributed by atoms with Crippen molar-refractivity contribution in [3.63, 3.8) is 0 Å². The fourth-order valence-corrected chi connectivity index (χ4v) is 3.57. The van der Waals surface area contributed by atoms with Gasteiger partial charge in [-0.25, -0.2) is 4.79 Å². The molecule has 0 saturated carbocycles. The number of amides is 1. The van der Waals surface area contributed by atoms with E-state index in [0.29, 0.717) is 0 Å². The zero-order valence-corrected chi connectivity index (χ0v) is 16.5. The van der Waals surface area contributed by atoms with Crippen molar-refractivity contribution < 1.29 is 39.4 Å². The van der Waals surface area contributed by atoms with Crippen molar-refractivity contribution in [1.82, 2.24) is 14.9 Å². The summed E-state index contributed by atoms with van der Waals surface area (Å²) in [6.45, 7) is -0.101. The Morgan fingerprint density at radius 3 is 2.52 bits per heavy atom. The smallest absolute Gasteiger partial charge is 0.330 e. The van der Waals surface area contributed by atoms with Gasteiger partial charge in [0, 0.05) is 25.9 Å². The Kier molecular flexibility index (Phi) is 7.23. The first-order valence-corrected chi connectivity index (χ1v) is 9.58. The molecule has 14 nitrogen and oxygen atoms in total. The molecule has 1 amide bonds. The molecule has 0 bridgehead atoms. The molecular weight excluding hydrogens is 420 g/mol. The predicted octanol–water partition coefficient (Wildman–Crippen LogP) is -4.92. The minimum absolute atomic E-state index is 0.101. The van der Waals surface area contributed by atoms with Crippen molar-refractivity contribution in [2.45, 2.75) is 61.7 Å². The number of hydrogen-bond donors (Lipinski definition) is 7. The van der Waals surface area contributed by atoms with Gasteiger partial charge in [-0.3, -0.25) is 19.1 Å². The highest BCUT2D eigenvalue weighted by Crippen LogP contribution is 2.34. The zero-order valence-electron chi connectivity index (χ0n) is 16.5. The molecule has 14 heteroatoms. The molecule has 9 atom stereocenters. The van der Waals surface area contributed by atoms with E-state index in [0.717, 1.165) is 16.8 Å². The first-order valence-electron chi connectivity index (χ1n) is 9.58. The Morgan fingerprint density at radius 1 is 1.23 bits per heavy atom. The molecule has 2 saturated heterocycles. The molecule has 0 aromatic carbocycles. The van der Waals surface area contributed by atoms with Crippen molar-refractivity contribution >= 4 is 5.91 Å². The lowest BCUT2D eigenvalue weighted by Crippen LogP contribution is -2.46. The molecule has 174 valence electrons. The topological polar surface area (TPSA) is 219 Å². The van der Waals surface area contributed by atoms with Crippen molar-refractivity contribution in [2.24, 2.45) is 5.73 Å². The van der Waals surface area contributed by atoms with Gasteiger partial charge in [0.05, 0.1) is 12.5 Å². The van der Waals surface area contributed by atoms with Crippen molar-refractivity contribution in [3.05, 3.63) is 33.1 Å². The molecule has 3 heterocycles. The van der Waals surface area contributed by atoms with Crippen LogP contribution < -0.4 is 22.3 Å². The summed E-state index contributed by atoms with van der Waals surface area (Å²) in [4.78, 5) is 37.3. The van der Waals surface area contributed by atoms with Crippen molar-refractivity contribution in [3.8, 4) is 0 Å². The van der Waals surface area contributed by atoms with Crippen LogP contribution in [-0.2, 0) is 19.0 Å². The number of ether oxygens (including phenoxy) is 3. The van der Waals surface area contributed by atoms with Crippen LogP contribution in [0.2, 0.25) is 0 Å². The minimum Gasteiger partial charge on any atom is -0.387 e. The third kappa shape index (κ3) is 4.70. The summed E-state index contributed by atoms with van der Waals surface area (Å²) in [5.41, 5.74) is 3.94. The number of aliphatic hydroxyl groups excluding tert-OH is 4. The van der Waals surface area contributed by atoms with Crippen LogP contribution in [0.25, 0.3) is 0 Å². The molecule has 3 rings (SSSR count). The first kappa shape index (κ1) is 23.5. The molecule has 8 unspecified atom stereocenters. The van der Waals surface area contributed by atoms with Gasteiger partial charge in [-0.05, 0) is 0 Å². The number of nitrogens with zero attached hydrogens (tertiary/aromatic N) is 1. The van der Waals surface area contributed by atoms with Crippen LogP contribution in [0, 0.1) is 0 Å². The summed E-state index contributed by atoms with van der Waals surface area (Å²) in [5, 5.41) is 43.5. The SMILES string of the molecule is CNC(=O)C[C@H](OC1OC(CN)C(O)C1O)C1OC(n2ccc(=O)[nH]c2=O)C(O)C1O. The Balaban J connectivity index is 1.84. The van der Waals surface area contributed by atoms with E-state index in [4.69, 9.17) is 19.9 Å². The van der Waals surface area contributed by atoms with Crippen LogP contribution in [0.15, 0.2) is 21.9 Å². The third-order valence-corrected chi connectivity index (χ3v) is 5.29. The van der Waals surface area contributed by atoms with Gasteiger partial charge >= 0.3 is 5.69 Å². The van der Waals surface area contributed by atoms with Gasteiger partial charge in [0.25, 0.3) is 5.56 Å². The Bertz CT molecular complexity index is 890. The fraction of sp³-hybridized carbons (Fsp3) is 0.706. The van der Waals surface area contributed by atoms with Gasteiger partial charge in [-0.15, -0.1) is 0 Å². The Labute approximate surface area is 175 Å². The largest absolute Gasteiger partial charge is 0.387 e. The van der Waals surface area contributed by atoms with Crippen molar-refractivity contribution in [2.75, 3.05) is 13.6 Å². The first-order chi connectivity index (χ1) is 14.7. The number of rotatable bonds is 7. The molecule has 2 aliphatic rings. The quantitative estimate of drug-likeness (QED) is 0.210. The van der Waals surface area contributed by atoms with E-state index in [1.54, 1.807) is 0 Å². The Morgan fingerprint density at radius 2 is 1.94 bits per heavy atom. The van der Waals surface area contributed by atoms with E-state index in [1.807, 2.05) is 4.98 Å². The summed E-state index contributed by atoms with van der Waals surface area (Å²) in [6.07, 6.45) is -11.6. The van der Waals surface area contributed by atoms with Crippen LogP contribution in [0.1, 0.15) is 12.6 Å². The van der Waals surface area contributed by atoms with Gasteiger partial charge in [0.2, 0.25) is 5.91 Å². The average Bonchev–Trinajstić information content (AvgIpc) is 3.18. The van der Waals surface area contributed by atoms with Crippen LogP contribution in [0.3, 0.4) is 0 Å².